The van der Waals surface area contributed by atoms with Gasteiger partial charge in [0.15, 0.2) is 5.82 Å². The second kappa shape index (κ2) is 11.0. The van der Waals surface area contributed by atoms with E-state index in [4.69, 9.17) is 4.74 Å². The first-order valence-corrected chi connectivity index (χ1v) is 10.8. The Morgan fingerprint density at radius 1 is 0.935 bits per heavy atom. The molecule has 0 saturated heterocycles. The molecule has 0 aliphatic carbocycles. The van der Waals surface area contributed by atoms with E-state index in [9.17, 15) is 10.1 Å². The van der Waals surface area contributed by atoms with E-state index >= 15 is 0 Å². The molecule has 0 unspecified atom stereocenters. The van der Waals surface area contributed by atoms with Crippen molar-refractivity contribution in [2.24, 2.45) is 0 Å². The van der Waals surface area contributed by atoms with Gasteiger partial charge in [0.25, 0.3) is 0 Å². The largest absolute Gasteiger partial charge is 0.422 e. The van der Waals surface area contributed by atoms with Crippen molar-refractivity contribution in [3.63, 3.8) is 0 Å². The quantitative estimate of drug-likeness (QED) is 0.247. The maximum atomic E-state index is 12.5. The van der Waals surface area contributed by atoms with Crippen LogP contribution in [-0.2, 0) is 12.8 Å². The number of rotatable bonds is 9. The van der Waals surface area contributed by atoms with Gasteiger partial charge in [0.2, 0.25) is 0 Å². The van der Waals surface area contributed by atoms with Gasteiger partial charge in [-0.3, -0.25) is 0 Å². The average molecular weight is 414 g/mol. The molecule has 5 nitrogen and oxygen atoms in total. The highest BCUT2D eigenvalue weighted by atomic mass is 16.5. The number of aromatic nitrogens is 2. The Kier molecular flexibility index (Phi) is 7.89. The molecule has 0 amide bonds. The summed E-state index contributed by atoms with van der Waals surface area (Å²) in [6, 6.07) is 14.4. The summed E-state index contributed by atoms with van der Waals surface area (Å²) in [6.45, 7) is 4.27. The summed E-state index contributed by atoms with van der Waals surface area (Å²) < 4.78 is 5.47. The van der Waals surface area contributed by atoms with Gasteiger partial charge in [0, 0.05) is 18.0 Å². The van der Waals surface area contributed by atoms with Crippen LogP contribution >= 0.6 is 0 Å². The van der Waals surface area contributed by atoms with Crippen molar-refractivity contribution in [2.45, 2.75) is 52.4 Å². The van der Waals surface area contributed by atoms with Crippen LogP contribution in [0.15, 0.2) is 54.9 Å². The molecule has 0 radical (unpaired) electrons. The lowest BCUT2D eigenvalue weighted by Gasteiger charge is -2.08. The van der Waals surface area contributed by atoms with Crippen molar-refractivity contribution in [2.75, 3.05) is 0 Å². The molecule has 2 aromatic carbocycles. The molecular formula is C26H27N3O2. The fourth-order valence-corrected chi connectivity index (χ4v) is 3.32. The van der Waals surface area contributed by atoms with Gasteiger partial charge >= 0.3 is 5.97 Å². The lowest BCUT2D eigenvalue weighted by atomic mass is 10.1. The molecule has 31 heavy (non-hydrogen) atoms. The van der Waals surface area contributed by atoms with Crippen LogP contribution in [0.1, 0.15) is 66.6 Å². The number of hydrogen-bond acceptors (Lipinski definition) is 5. The number of ether oxygens (including phenoxy) is 1. The Bertz CT molecular complexity index is 1050. The number of carbonyl (C=O) groups is 1. The Hall–Kier alpha value is -3.52. The van der Waals surface area contributed by atoms with E-state index in [1.54, 1.807) is 36.4 Å². The number of nitrogens with zero attached hydrogens (tertiary/aromatic N) is 3. The van der Waals surface area contributed by atoms with Gasteiger partial charge in [-0.1, -0.05) is 51.3 Å². The molecule has 3 aromatic rings. The molecule has 1 heterocycles. The molecule has 158 valence electrons. The zero-order chi connectivity index (χ0) is 22.1. The number of nitriles is 1. The van der Waals surface area contributed by atoms with E-state index in [1.807, 2.05) is 18.5 Å². The van der Waals surface area contributed by atoms with Crippen LogP contribution in [0.25, 0.3) is 11.4 Å². The second-order valence-corrected chi connectivity index (χ2v) is 7.53. The van der Waals surface area contributed by atoms with Gasteiger partial charge in [-0.2, -0.15) is 5.26 Å². The number of esters is 1. The maximum Gasteiger partial charge on any atom is 0.343 e. The summed E-state index contributed by atoms with van der Waals surface area (Å²) in [7, 11) is 0. The third-order valence-electron chi connectivity index (χ3n) is 5.06. The second-order valence-electron chi connectivity index (χ2n) is 7.53. The molecule has 1 aromatic heterocycles. The molecule has 0 fully saturated rings. The number of carbonyl (C=O) groups excluding carboxylic acids is 1. The van der Waals surface area contributed by atoms with Gasteiger partial charge < -0.3 is 4.74 Å². The molecular weight excluding hydrogens is 386 g/mol. The first-order valence-electron chi connectivity index (χ1n) is 10.8. The molecule has 0 spiro atoms. The van der Waals surface area contributed by atoms with E-state index in [0.717, 1.165) is 42.4 Å². The van der Waals surface area contributed by atoms with E-state index in [-0.39, 0.29) is 5.75 Å². The van der Waals surface area contributed by atoms with Crippen LogP contribution in [0, 0.1) is 11.3 Å². The van der Waals surface area contributed by atoms with Crippen LogP contribution in [0.4, 0.5) is 0 Å². The van der Waals surface area contributed by atoms with E-state index < -0.39 is 5.97 Å². The molecule has 0 saturated carbocycles. The number of aryl methyl sites for hydroxylation is 2. The summed E-state index contributed by atoms with van der Waals surface area (Å²) in [6.07, 6.45) is 10.1. The topological polar surface area (TPSA) is 75.9 Å². The molecule has 0 bridgehead atoms. The van der Waals surface area contributed by atoms with E-state index in [1.165, 1.54) is 12.8 Å². The highest BCUT2D eigenvalue weighted by molar-refractivity contribution is 5.91. The minimum Gasteiger partial charge on any atom is -0.422 e. The van der Waals surface area contributed by atoms with Gasteiger partial charge in [-0.25, -0.2) is 14.8 Å². The van der Waals surface area contributed by atoms with Gasteiger partial charge in [0.05, 0.1) is 11.1 Å². The van der Waals surface area contributed by atoms with Crippen LogP contribution in [0.2, 0.25) is 0 Å². The summed E-state index contributed by atoms with van der Waals surface area (Å²) in [5.74, 6) is 0.398. The fourth-order valence-electron chi connectivity index (χ4n) is 3.32. The molecule has 0 aliphatic heterocycles. The van der Waals surface area contributed by atoms with Crippen molar-refractivity contribution in [3.05, 3.63) is 77.1 Å². The fraction of sp³-hybridized carbons (Fsp3) is 0.308. The molecule has 0 atom stereocenters. The van der Waals surface area contributed by atoms with Gasteiger partial charge in [-0.05, 0) is 54.7 Å². The van der Waals surface area contributed by atoms with Crippen molar-refractivity contribution in [1.29, 1.82) is 5.26 Å². The summed E-state index contributed by atoms with van der Waals surface area (Å²) in [5.41, 5.74) is 3.79. The van der Waals surface area contributed by atoms with Crippen LogP contribution in [0.5, 0.6) is 5.75 Å². The number of hydrogen-bond donors (Lipinski definition) is 0. The molecule has 5 heteroatoms. The standard InChI is InChI=1S/C26H27N3O2/c1-3-5-6-8-20-17-28-25(29-18-20)21-10-12-22(13-11-21)26(30)31-24-14-9-19(7-4-2)15-23(24)16-27/h9-15,17-18H,3-8H2,1-2H3. The SMILES string of the molecule is CCCCCc1cnc(-c2ccc(C(=O)Oc3ccc(CCC)cc3C#N)cc2)nc1. The Morgan fingerprint density at radius 3 is 2.32 bits per heavy atom. The highest BCUT2D eigenvalue weighted by Gasteiger charge is 2.13. The third kappa shape index (κ3) is 5.99. The van der Waals surface area contributed by atoms with E-state index in [2.05, 4.69) is 29.9 Å². The van der Waals surface area contributed by atoms with Crippen LogP contribution in [0.3, 0.4) is 0 Å². The first-order chi connectivity index (χ1) is 15.1. The molecule has 0 N–H and O–H groups in total. The summed E-state index contributed by atoms with van der Waals surface area (Å²) >= 11 is 0. The van der Waals surface area contributed by atoms with Gasteiger partial charge in [0.1, 0.15) is 11.8 Å². The summed E-state index contributed by atoms with van der Waals surface area (Å²) in [5, 5.41) is 9.38. The monoisotopic (exact) mass is 413 g/mol. The smallest absolute Gasteiger partial charge is 0.343 e. The lowest BCUT2D eigenvalue weighted by molar-refractivity contribution is 0.0734. The van der Waals surface area contributed by atoms with E-state index in [0.29, 0.717) is 17.0 Å². The molecule has 0 aliphatic rings. The van der Waals surface area contributed by atoms with Crippen molar-refractivity contribution >= 4 is 5.97 Å². The maximum absolute atomic E-state index is 12.5. The Balaban J connectivity index is 1.67. The Labute approximate surface area is 183 Å². The van der Waals surface area contributed by atoms with Crippen molar-refractivity contribution in [1.82, 2.24) is 9.97 Å². The molecule has 3 rings (SSSR count). The minimum atomic E-state index is -0.501. The number of benzene rings is 2. The zero-order valence-electron chi connectivity index (χ0n) is 18.1. The predicted octanol–water partition coefficient (Wildman–Crippen LogP) is 5.92. The number of unbranched alkanes of at least 4 members (excludes halogenated alkanes) is 2. The average Bonchev–Trinajstić information content (AvgIpc) is 2.81. The zero-order valence-corrected chi connectivity index (χ0v) is 18.1. The van der Waals surface area contributed by atoms with Crippen LogP contribution < -0.4 is 4.74 Å². The van der Waals surface area contributed by atoms with Crippen molar-refractivity contribution < 1.29 is 9.53 Å². The summed E-state index contributed by atoms with van der Waals surface area (Å²) in [4.78, 5) is 21.5. The highest BCUT2D eigenvalue weighted by Crippen LogP contribution is 2.22. The third-order valence-corrected chi connectivity index (χ3v) is 5.06. The van der Waals surface area contributed by atoms with Gasteiger partial charge in [-0.15, -0.1) is 0 Å². The minimum absolute atomic E-state index is 0.276. The van der Waals surface area contributed by atoms with Crippen molar-refractivity contribution in [3.8, 4) is 23.2 Å². The van der Waals surface area contributed by atoms with Crippen LogP contribution in [-0.4, -0.2) is 15.9 Å². The predicted molar refractivity (Wildman–Crippen MR) is 121 cm³/mol. The normalized spacial score (nSPS) is 10.5. The first kappa shape index (κ1) is 22.2. The lowest BCUT2D eigenvalue weighted by Crippen LogP contribution is -2.09. The Morgan fingerprint density at radius 2 is 1.68 bits per heavy atom.